The van der Waals surface area contributed by atoms with Gasteiger partial charge in [0, 0.05) is 5.02 Å². The lowest BCUT2D eigenvalue weighted by Crippen LogP contribution is -2.30. The molecule has 0 spiro atoms. The Kier molecular flexibility index (Phi) is 6.32. The second-order valence-corrected chi connectivity index (χ2v) is 7.83. The lowest BCUT2D eigenvalue weighted by atomic mass is 9.87. The summed E-state index contributed by atoms with van der Waals surface area (Å²) in [5, 5.41) is 3.39. The van der Waals surface area contributed by atoms with E-state index in [4.69, 9.17) is 27.9 Å². The van der Waals surface area contributed by atoms with Gasteiger partial charge in [0.15, 0.2) is 6.10 Å². The number of esters is 1. The fourth-order valence-electron chi connectivity index (χ4n) is 2.22. The summed E-state index contributed by atoms with van der Waals surface area (Å²) < 4.78 is 5.24. The second kappa shape index (κ2) is 8.11. The van der Waals surface area contributed by atoms with Gasteiger partial charge in [0.25, 0.3) is 5.91 Å². The molecule has 6 heteroatoms. The molecule has 2 aromatic rings. The molecule has 138 valence electrons. The molecular formula is C20H21Cl2NO3. The molecule has 1 atom stereocenters. The summed E-state index contributed by atoms with van der Waals surface area (Å²) in [4.78, 5) is 24.5. The topological polar surface area (TPSA) is 55.4 Å². The first-order valence-corrected chi connectivity index (χ1v) is 8.91. The summed E-state index contributed by atoms with van der Waals surface area (Å²) in [6, 6.07) is 11.9. The van der Waals surface area contributed by atoms with Crippen LogP contribution in [-0.2, 0) is 14.9 Å². The standard InChI is InChI=1S/C20H21Cl2NO3/c1-12(18(24)23-17-11-15(21)9-10-16(17)22)26-19(25)13-5-7-14(8-6-13)20(2,3)4/h5-12H,1-4H3,(H,23,24). The van der Waals surface area contributed by atoms with Crippen molar-refractivity contribution in [3.63, 3.8) is 0 Å². The summed E-state index contributed by atoms with van der Waals surface area (Å²) >= 11 is 11.9. The molecule has 0 fully saturated rings. The third kappa shape index (κ3) is 5.23. The number of rotatable bonds is 4. The van der Waals surface area contributed by atoms with Crippen molar-refractivity contribution in [1.29, 1.82) is 0 Å². The zero-order chi connectivity index (χ0) is 19.5. The average molecular weight is 394 g/mol. The van der Waals surface area contributed by atoms with Crippen molar-refractivity contribution in [3.8, 4) is 0 Å². The van der Waals surface area contributed by atoms with Gasteiger partial charge in [-0.25, -0.2) is 4.79 Å². The molecule has 0 aliphatic carbocycles. The number of hydrogen-bond donors (Lipinski definition) is 1. The average Bonchev–Trinajstić information content (AvgIpc) is 2.57. The van der Waals surface area contributed by atoms with Gasteiger partial charge in [-0.05, 0) is 48.2 Å². The van der Waals surface area contributed by atoms with Crippen molar-refractivity contribution in [2.45, 2.75) is 39.2 Å². The highest BCUT2D eigenvalue weighted by atomic mass is 35.5. The van der Waals surface area contributed by atoms with Crippen LogP contribution < -0.4 is 5.32 Å². The van der Waals surface area contributed by atoms with E-state index in [1.165, 1.54) is 13.0 Å². The van der Waals surface area contributed by atoms with Crippen molar-refractivity contribution >= 4 is 40.8 Å². The minimum atomic E-state index is -0.986. The van der Waals surface area contributed by atoms with Gasteiger partial charge >= 0.3 is 5.97 Å². The molecule has 0 bridgehead atoms. The van der Waals surface area contributed by atoms with Crippen molar-refractivity contribution in [2.75, 3.05) is 5.32 Å². The Bertz CT molecular complexity index is 811. The van der Waals surface area contributed by atoms with Crippen molar-refractivity contribution in [2.24, 2.45) is 0 Å². The number of amides is 1. The van der Waals surface area contributed by atoms with E-state index in [2.05, 4.69) is 26.1 Å². The van der Waals surface area contributed by atoms with E-state index in [0.717, 1.165) is 5.56 Å². The zero-order valence-corrected chi connectivity index (χ0v) is 16.6. The molecule has 2 rings (SSSR count). The fraction of sp³-hybridized carbons (Fsp3) is 0.300. The molecule has 26 heavy (non-hydrogen) atoms. The molecule has 4 nitrogen and oxygen atoms in total. The number of nitrogens with one attached hydrogen (secondary N) is 1. The first-order valence-electron chi connectivity index (χ1n) is 8.15. The van der Waals surface area contributed by atoms with E-state index in [1.54, 1.807) is 24.3 Å². The highest BCUT2D eigenvalue weighted by Crippen LogP contribution is 2.26. The first-order chi connectivity index (χ1) is 12.1. The molecule has 1 N–H and O–H groups in total. The Hall–Kier alpha value is -2.04. The Morgan fingerprint density at radius 1 is 1.04 bits per heavy atom. The van der Waals surface area contributed by atoms with Crippen LogP contribution in [0.2, 0.25) is 10.0 Å². The quantitative estimate of drug-likeness (QED) is 0.700. The lowest BCUT2D eigenvalue weighted by Gasteiger charge is -2.19. The highest BCUT2D eigenvalue weighted by Gasteiger charge is 2.21. The molecule has 0 aliphatic heterocycles. The normalized spacial score (nSPS) is 12.4. The summed E-state index contributed by atoms with van der Waals surface area (Å²) in [6.45, 7) is 7.77. The van der Waals surface area contributed by atoms with Crippen LogP contribution >= 0.6 is 23.2 Å². The SMILES string of the molecule is CC(OC(=O)c1ccc(C(C)(C)C)cc1)C(=O)Nc1cc(Cl)ccc1Cl. The van der Waals surface area contributed by atoms with Gasteiger partial charge in [0.1, 0.15) is 0 Å². The van der Waals surface area contributed by atoms with Gasteiger partial charge in [-0.1, -0.05) is 56.1 Å². The van der Waals surface area contributed by atoms with Crippen molar-refractivity contribution in [3.05, 3.63) is 63.6 Å². The number of carbonyl (C=O) groups excluding carboxylic acids is 2. The molecule has 1 unspecified atom stereocenters. The van der Waals surface area contributed by atoms with Crippen LogP contribution in [-0.4, -0.2) is 18.0 Å². The Morgan fingerprint density at radius 3 is 2.23 bits per heavy atom. The summed E-state index contributed by atoms with van der Waals surface area (Å²) in [5.41, 5.74) is 1.85. The van der Waals surface area contributed by atoms with Crippen LogP contribution in [0.4, 0.5) is 5.69 Å². The summed E-state index contributed by atoms with van der Waals surface area (Å²) in [6.07, 6.45) is -0.986. The zero-order valence-electron chi connectivity index (χ0n) is 15.1. The van der Waals surface area contributed by atoms with Crippen LogP contribution in [0.15, 0.2) is 42.5 Å². The van der Waals surface area contributed by atoms with Crippen molar-refractivity contribution in [1.82, 2.24) is 0 Å². The smallest absolute Gasteiger partial charge is 0.338 e. The van der Waals surface area contributed by atoms with E-state index in [-0.39, 0.29) is 5.41 Å². The first kappa shape index (κ1) is 20.3. The molecule has 0 radical (unpaired) electrons. The highest BCUT2D eigenvalue weighted by molar-refractivity contribution is 6.35. The predicted octanol–water partition coefficient (Wildman–Crippen LogP) is 5.47. The maximum absolute atomic E-state index is 12.2. The summed E-state index contributed by atoms with van der Waals surface area (Å²) in [7, 11) is 0. The third-order valence-corrected chi connectivity index (χ3v) is 4.39. The number of carbonyl (C=O) groups is 2. The molecule has 0 saturated carbocycles. The molecule has 0 aromatic heterocycles. The van der Waals surface area contributed by atoms with E-state index < -0.39 is 18.0 Å². The monoisotopic (exact) mass is 393 g/mol. The molecule has 0 heterocycles. The van der Waals surface area contributed by atoms with Gasteiger partial charge in [-0.2, -0.15) is 0 Å². The Morgan fingerprint density at radius 2 is 1.65 bits per heavy atom. The maximum atomic E-state index is 12.2. The van der Waals surface area contributed by atoms with Crippen molar-refractivity contribution < 1.29 is 14.3 Å². The number of benzene rings is 2. The Balaban J connectivity index is 2.02. The van der Waals surface area contributed by atoms with Crippen LogP contribution in [0.1, 0.15) is 43.6 Å². The molecule has 2 aromatic carbocycles. The third-order valence-electron chi connectivity index (χ3n) is 3.83. The predicted molar refractivity (Wildman–Crippen MR) is 105 cm³/mol. The molecule has 0 saturated heterocycles. The lowest BCUT2D eigenvalue weighted by molar-refractivity contribution is -0.123. The summed E-state index contributed by atoms with van der Waals surface area (Å²) in [5.74, 6) is -1.06. The van der Waals surface area contributed by atoms with E-state index in [0.29, 0.717) is 21.3 Å². The minimum absolute atomic E-state index is 0.00810. The van der Waals surface area contributed by atoms with E-state index in [1.807, 2.05) is 12.1 Å². The van der Waals surface area contributed by atoms with Crippen LogP contribution in [0.5, 0.6) is 0 Å². The number of hydrogen-bond acceptors (Lipinski definition) is 3. The minimum Gasteiger partial charge on any atom is -0.449 e. The van der Waals surface area contributed by atoms with Gasteiger partial charge in [0.2, 0.25) is 0 Å². The van der Waals surface area contributed by atoms with Gasteiger partial charge in [-0.15, -0.1) is 0 Å². The number of ether oxygens (including phenoxy) is 1. The van der Waals surface area contributed by atoms with Gasteiger partial charge in [-0.3, -0.25) is 4.79 Å². The van der Waals surface area contributed by atoms with Crippen LogP contribution in [0.3, 0.4) is 0 Å². The second-order valence-electron chi connectivity index (χ2n) is 6.99. The fourth-order valence-corrected chi connectivity index (χ4v) is 2.55. The number of halogens is 2. The van der Waals surface area contributed by atoms with Gasteiger partial charge in [0.05, 0.1) is 16.3 Å². The molecule has 1 amide bonds. The Labute approximate surface area is 163 Å². The van der Waals surface area contributed by atoms with E-state index in [9.17, 15) is 9.59 Å². The molecule has 0 aliphatic rings. The largest absolute Gasteiger partial charge is 0.449 e. The van der Waals surface area contributed by atoms with Crippen LogP contribution in [0, 0.1) is 0 Å². The maximum Gasteiger partial charge on any atom is 0.338 e. The molecular weight excluding hydrogens is 373 g/mol. The van der Waals surface area contributed by atoms with Crippen LogP contribution in [0.25, 0.3) is 0 Å². The van der Waals surface area contributed by atoms with E-state index >= 15 is 0 Å². The number of anilines is 1. The van der Waals surface area contributed by atoms with Gasteiger partial charge < -0.3 is 10.1 Å².